The summed E-state index contributed by atoms with van der Waals surface area (Å²) in [5.74, 6) is 0.485. The third kappa shape index (κ3) is 2.16. The average molecular weight is 269 g/mol. The number of aryl methyl sites for hydroxylation is 1. The monoisotopic (exact) mass is 269 g/mol. The molecule has 0 aliphatic heterocycles. The van der Waals surface area contributed by atoms with Crippen molar-refractivity contribution in [2.24, 2.45) is 0 Å². The van der Waals surface area contributed by atoms with E-state index in [1.807, 2.05) is 0 Å². The second kappa shape index (κ2) is 4.80. The number of hydrogen-bond donors (Lipinski definition) is 0. The summed E-state index contributed by atoms with van der Waals surface area (Å²) in [5.41, 5.74) is 1.89. The molecule has 0 spiro atoms. The molecule has 0 amide bonds. The van der Waals surface area contributed by atoms with Gasteiger partial charge in [0, 0.05) is 30.3 Å². The molecule has 1 aliphatic rings. The Hall–Kier alpha value is -2.63. The largest absolute Gasteiger partial charge is 0.294 e. The first-order chi connectivity index (χ1) is 9.65. The summed E-state index contributed by atoms with van der Waals surface area (Å²) in [4.78, 5) is 30.6. The predicted octanol–water partition coefficient (Wildman–Crippen LogP) is 2.57. The van der Waals surface area contributed by atoms with Gasteiger partial charge in [0.25, 0.3) is 5.69 Å². The number of fused-ring (bicyclic) bond motifs is 1. The summed E-state index contributed by atoms with van der Waals surface area (Å²) in [6, 6.07) is 6.18. The molecule has 1 aliphatic carbocycles. The molecule has 1 aromatic heterocycles. The number of aromatic nitrogens is 2. The molecule has 0 saturated carbocycles. The lowest BCUT2D eigenvalue weighted by Crippen LogP contribution is -2.13. The Morgan fingerprint density at radius 3 is 2.90 bits per heavy atom. The Labute approximate surface area is 114 Å². The molecule has 0 N–H and O–H groups in total. The van der Waals surface area contributed by atoms with E-state index < -0.39 is 4.92 Å². The molecule has 0 unspecified atom stereocenters. The average Bonchev–Trinajstić information content (AvgIpc) is 2.47. The van der Waals surface area contributed by atoms with E-state index in [0.29, 0.717) is 23.4 Å². The van der Waals surface area contributed by atoms with Crippen LogP contribution in [0.25, 0.3) is 11.4 Å². The number of nitrogens with zero attached hydrogens (tertiary/aromatic N) is 3. The smallest absolute Gasteiger partial charge is 0.270 e. The molecular formula is C14H11N3O3. The third-order valence-electron chi connectivity index (χ3n) is 3.30. The fraction of sp³-hybridized carbons (Fsp3) is 0.214. The number of carbonyl (C=O) groups excluding carboxylic acids is 1. The highest BCUT2D eigenvalue weighted by atomic mass is 16.6. The van der Waals surface area contributed by atoms with Gasteiger partial charge >= 0.3 is 0 Å². The first kappa shape index (κ1) is 12.4. The zero-order valence-corrected chi connectivity index (χ0v) is 10.6. The van der Waals surface area contributed by atoms with Gasteiger partial charge in [0.1, 0.15) is 0 Å². The molecule has 1 aromatic carbocycles. The van der Waals surface area contributed by atoms with Crippen LogP contribution < -0.4 is 0 Å². The van der Waals surface area contributed by atoms with Crippen molar-refractivity contribution in [3.63, 3.8) is 0 Å². The third-order valence-corrected chi connectivity index (χ3v) is 3.30. The van der Waals surface area contributed by atoms with Gasteiger partial charge in [-0.25, -0.2) is 9.97 Å². The maximum Gasteiger partial charge on any atom is 0.270 e. The first-order valence-corrected chi connectivity index (χ1v) is 6.29. The van der Waals surface area contributed by atoms with E-state index in [4.69, 9.17) is 0 Å². The van der Waals surface area contributed by atoms with Crippen LogP contribution in [0.4, 0.5) is 5.69 Å². The van der Waals surface area contributed by atoms with Gasteiger partial charge in [-0.3, -0.25) is 14.9 Å². The van der Waals surface area contributed by atoms with Gasteiger partial charge in [0.2, 0.25) is 0 Å². The lowest BCUT2D eigenvalue weighted by Gasteiger charge is -2.13. The van der Waals surface area contributed by atoms with E-state index in [9.17, 15) is 14.9 Å². The minimum Gasteiger partial charge on any atom is -0.294 e. The molecule has 6 heteroatoms. The second-order valence-corrected chi connectivity index (χ2v) is 4.64. The Balaban J connectivity index is 2.05. The van der Waals surface area contributed by atoms with Crippen LogP contribution in [-0.2, 0) is 6.42 Å². The van der Waals surface area contributed by atoms with E-state index in [1.54, 1.807) is 12.1 Å². The molecule has 6 nitrogen and oxygen atoms in total. The van der Waals surface area contributed by atoms with Crippen LogP contribution in [0.1, 0.15) is 28.9 Å². The van der Waals surface area contributed by atoms with Crippen LogP contribution in [0.3, 0.4) is 0 Å². The molecular weight excluding hydrogens is 258 g/mol. The van der Waals surface area contributed by atoms with Crippen LogP contribution in [0.5, 0.6) is 0 Å². The van der Waals surface area contributed by atoms with Crippen molar-refractivity contribution in [3.05, 3.63) is 51.8 Å². The molecule has 20 heavy (non-hydrogen) atoms. The number of non-ortho nitro benzene ring substituents is 1. The number of nitro groups is 1. The fourth-order valence-corrected chi connectivity index (χ4v) is 2.29. The zero-order valence-electron chi connectivity index (χ0n) is 10.6. The molecule has 3 rings (SSSR count). The number of benzene rings is 1. The van der Waals surface area contributed by atoms with Gasteiger partial charge in [0.05, 0.1) is 16.2 Å². The quantitative estimate of drug-likeness (QED) is 0.617. The number of carbonyl (C=O) groups is 1. The molecule has 0 saturated heterocycles. The van der Waals surface area contributed by atoms with Crippen molar-refractivity contribution in [1.29, 1.82) is 0 Å². The van der Waals surface area contributed by atoms with E-state index in [1.165, 1.54) is 18.3 Å². The maximum absolute atomic E-state index is 11.7. The van der Waals surface area contributed by atoms with Crippen molar-refractivity contribution >= 4 is 11.5 Å². The van der Waals surface area contributed by atoms with Gasteiger partial charge in [-0.1, -0.05) is 12.1 Å². The zero-order chi connectivity index (χ0) is 14.1. The molecule has 100 valence electrons. The number of ketones is 1. The van der Waals surface area contributed by atoms with Gasteiger partial charge in [-0.05, 0) is 12.8 Å². The van der Waals surface area contributed by atoms with Gasteiger partial charge in [0.15, 0.2) is 11.6 Å². The van der Waals surface area contributed by atoms with Crippen molar-refractivity contribution in [2.45, 2.75) is 19.3 Å². The molecule has 0 bridgehead atoms. The molecule has 0 atom stereocenters. The van der Waals surface area contributed by atoms with Crippen LogP contribution in [0.2, 0.25) is 0 Å². The van der Waals surface area contributed by atoms with Crippen LogP contribution >= 0.6 is 0 Å². The van der Waals surface area contributed by atoms with Gasteiger partial charge in [-0.2, -0.15) is 0 Å². The highest BCUT2D eigenvalue weighted by Gasteiger charge is 2.20. The fourth-order valence-electron chi connectivity index (χ4n) is 2.29. The summed E-state index contributed by atoms with van der Waals surface area (Å²) in [6.07, 6.45) is 3.59. The van der Waals surface area contributed by atoms with E-state index in [0.717, 1.165) is 18.5 Å². The Morgan fingerprint density at radius 2 is 2.10 bits per heavy atom. The topological polar surface area (TPSA) is 86.0 Å². The molecule has 0 radical (unpaired) electrons. The molecule has 2 aromatic rings. The summed E-state index contributed by atoms with van der Waals surface area (Å²) < 4.78 is 0. The number of hydrogen-bond acceptors (Lipinski definition) is 5. The summed E-state index contributed by atoms with van der Waals surface area (Å²) >= 11 is 0. The number of nitro benzene ring substituents is 1. The lowest BCUT2D eigenvalue weighted by molar-refractivity contribution is -0.384. The van der Waals surface area contributed by atoms with Crippen LogP contribution in [0.15, 0.2) is 30.5 Å². The molecule has 0 fully saturated rings. The first-order valence-electron chi connectivity index (χ1n) is 6.29. The van der Waals surface area contributed by atoms with Crippen molar-refractivity contribution in [3.8, 4) is 11.4 Å². The van der Waals surface area contributed by atoms with Crippen LogP contribution in [-0.4, -0.2) is 20.7 Å². The predicted molar refractivity (Wildman–Crippen MR) is 71.4 cm³/mol. The molecule has 1 heterocycles. The number of rotatable bonds is 2. The number of Topliss-reactive ketones (excluding diaryl/α,β-unsaturated/α-hetero) is 1. The standard InChI is InChI=1S/C14H11N3O3/c18-13-6-2-5-12-11(13)8-15-14(16-12)9-3-1-4-10(7-9)17(19)20/h1,3-4,7-8H,2,5-6H2. The second-order valence-electron chi connectivity index (χ2n) is 4.64. The van der Waals surface area contributed by atoms with Gasteiger partial charge < -0.3 is 0 Å². The maximum atomic E-state index is 11.7. The highest BCUT2D eigenvalue weighted by Crippen LogP contribution is 2.24. The lowest BCUT2D eigenvalue weighted by atomic mass is 9.96. The summed E-state index contributed by atoms with van der Waals surface area (Å²) in [6.45, 7) is 0. The van der Waals surface area contributed by atoms with E-state index in [2.05, 4.69) is 9.97 Å². The van der Waals surface area contributed by atoms with Crippen molar-refractivity contribution in [2.75, 3.05) is 0 Å². The van der Waals surface area contributed by atoms with E-state index in [-0.39, 0.29) is 11.5 Å². The van der Waals surface area contributed by atoms with Crippen molar-refractivity contribution < 1.29 is 9.72 Å². The van der Waals surface area contributed by atoms with E-state index >= 15 is 0 Å². The Bertz CT molecular complexity index is 713. The van der Waals surface area contributed by atoms with Gasteiger partial charge in [-0.15, -0.1) is 0 Å². The normalized spacial score (nSPS) is 13.9. The van der Waals surface area contributed by atoms with Crippen LogP contribution in [0, 0.1) is 10.1 Å². The highest BCUT2D eigenvalue weighted by molar-refractivity contribution is 5.97. The Kier molecular flexibility index (Phi) is 2.98. The summed E-state index contributed by atoms with van der Waals surface area (Å²) in [5, 5.41) is 10.8. The minimum atomic E-state index is -0.453. The minimum absolute atomic E-state index is 0.0000953. The Morgan fingerprint density at radius 1 is 1.25 bits per heavy atom. The van der Waals surface area contributed by atoms with Crippen molar-refractivity contribution in [1.82, 2.24) is 9.97 Å². The summed E-state index contributed by atoms with van der Waals surface area (Å²) in [7, 11) is 0. The SMILES string of the molecule is O=C1CCCc2nc(-c3cccc([N+](=O)[O-])c3)ncc21.